The van der Waals surface area contributed by atoms with Crippen molar-refractivity contribution < 1.29 is 54.7 Å². The Kier molecular flexibility index (Phi) is 5.61. The third kappa shape index (κ3) is 60.9. The van der Waals surface area contributed by atoms with Crippen LogP contribution in [0.5, 0.6) is 0 Å². The Morgan fingerprint density at radius 1 is 1.50 bits per heavy atom. The molecule has 4 nitrogen and oxygen atoms in total. The zero-order valence-corrected chi connectivity index (χ0v) is 6.71. The van der Waals surface area contributed by atoms with Crippen LogP contribution >= 0.6 is 0 Å². The molecule has 0 rings (SSSR count). The molecule has 0 aliphatic carbocycles. The first-order chi connectivity index (χ1) is 2.00. The van der Waals surface area contributed by atoms with E-state index in [0.29, 0.717) is 0 Å². The molecular weight excluding hydrogens is 234 g/mol. The predicted octanol–water partition coefficient (Wildman–Crippen LogP) is -1.25. The molecule has 0 spiro atoms. The van der Waals surface area contributed by atoms with Crippen LogP contribution in [0.1, 0.15) is 0 Å². The molecule has 0 fully saturated rings. The van der Waals surface area contributed by atoms with E-state index in [1.807, 2.05) is 0 Å². The second-order valence-electron chi connectivity index (χ2n) is 0.515. The molecule has 6 heteroatoms. The van der Waals surface area contributed by atoms with Gasteiger partial charge in [-0.1, -0.05) is 0 Å². The Bertz CT molecular complexity index is 94.0. The van der Waals surface area contributed by atoms with Crippen molar-refractivity contribution in [1.29, 1.82) is 0 Å². The topological polar surface area (TPSA) is 80.4 Å². The quantitative estimate of drug-likeness (QED) is 0.516. The molecule has 36 valence electrons. The molecule has 0 aromatic carbocycles. The van der Waals surface area contributed by atoms with Crippen molar-refractivity contribution in [3.05, 3.63) is 0 Å². The van der Waals surface area contributed by atoms with Gasteiger partial charge in [0.15, 0.2) is 0 Å². The van der Waals surface area contributed by atoms with Crippen LogP contribution in [0, 0.1) is 41.7 Å². The fourth-order valence-corrected chi connectivity index (χ4v) is 0. The molecule has 0 saturated carbocycles. The van der Waals surface area contributed by atoms with Gasteiger partial charge in [-0.2, -0.15) is 8.42 Å². The van der Waals surface area contributed by atoms with E-state index >= 15 is 0 Å². The zero-order valence-electron chi connectivity index (χ0n) is 2.75. The third-order valence-corrected chi connectivity index (χ3v) is 0. The molecule has 0 aliphatic rings. The molecule has 0 aromatic heterocycles. The van der Waals surface area contributed by atoms with E-state index in [2.05, 4.69) is 5.14 Å². The van der Waals surface area contributed by atoms with E-state index < -0.39 is 10.3 Å². The average Bonchev–Trinajstić information content (AvgIpc) is 0.722. The minimum atomic E-state index is -4.17. The Morgan fingerprint density at radius 3 is 1.50 bits per heavy atom. The zero-order chi connectivity index (χ0) is 4.50. The summed E-state index contributed by atoms with van der Waals surface area (Å²) in [5, 5.41) is 3.88. The first kappa shape index (κ1) is 10.3. The van der Waals surface area contributed by atoms with Gasteiger partial charge in [-0.3, -0.25) is 4.55 Å². The smallest absolute Gasteiger partial charge is 0.274 e. The Labute approximate surface area is 69.4 Å². The van der Waals surface area contributed by atoms with Gasteiger partial charge in [-0.05, 0) is 0 Å². The molecule has 6 heavy (non-hydrogen) atoms. The van der Waals surface area contributed by atoms with Gasteiger partial charge in [0, 0.05) is 41.7 Å². The van der Waals surface area contributed by atoms with E-state index in [1.54, 1.807) is 0 Å². The van der Waals surface area contributed by atoms with Crippen molar-refractivity contribution in [3.8, 4) is 0 Å². The van der Waals surface area contributed by atoms with Crippen LogP contribution in [-0.2, 0) is 10.3 Å². The number of nitrogens with two attached hydrogens (primary N) is 1. The molecule has 0 aliphatic heterocycles. The van der Waals surface area contributed by atoms with E-state index in [0.717, 1.165) is 0 Å². The van der Waals surface area contributed by atoms with Crippen LogP contribution in [-0.4, -0.2) is 13.0 Å². The van der Waals surface area contributed by atoms with E-state index in [-0.39, 0.29) is 41.7 Å². The summed E-state index contributed by atoms with van der Waals surface area (Å²) in [6.07, 6.45) is 0. The second-order valence-corrected chi connectivity index (χ2v) is 1.54. The van der Waals surface area contributed by atoms with Crippen LogP contribution in [0.2, 0.25) is 0 Å². The van der Waals surface area contributed by atoms with Gasteiger partial charge < -0.3 is 0 Å². The first-order valence-corrected chi connectivity index (χ1v) is 2.25. The number of hydrogen-bond acceptors (Lipinski definition) is 2. The molecule has 0 radical (unpaired) electrons. The maximum atomic E-state index is 8.97. The van der Waals surface area contributed by atoms with E-state index in [4.69, 9.17) is 13.0 Å². The van der Waals surface area contributed by atoms with E-state index in [9.17, 15) is 0 Å². The van der Waals surface area contributed by atoms with Gasteiger partial charge in [0.05, 0.1) is 0 Å². The second kappa shape index (κ2) is 3.27. The van der Waals surface area contributed by atoms with Gasteiger partial charge in [-0.25, -0.2) is 5.14 Å². The Hall–Kier alpha value is 1.25. The minimum Gasteiger partial charge on any atom is -0.274 e. The van der Waals surface area contributed by atoms with Crippen molar-refractivity contribution in [2.75, 3.05) is 0 Å². The molecule has 0 heterocycles. The molecule has 0 amide bonds. The molecule has 0 bridgehead atoms. The molecular formula is H3CeNO3S. The number of hydrogen-bond donors (Lipinski definition) is 2. The van der Waals surface area contributed by atoms with Gasteiger partial charge in [-0.15, -0.1) is 0 Å². The Balaban J connectivity index is 0. The molecule has 0 aromatic rings. The summed E-state index contributed by atoms with van der Waals surface area (Å²) < 4.78 is 25.2. The van der Waals surface area contributed by atoms with Crippen molar-refractivity contribution in [1.82, 2.24) is 0 Å². The van der Waals surface area contributed by atoms with Crippen LogP contribution < -0.4 is 5.14 Å². The maximum absolute atomic E-state index is 8.97. The van der Waals surface area contributed by atoms with Gasteiger partial charge in [0.1, 0.15) is 0 Å². The standard InChI is InChI=1S/Ce.H3NO3S/c;1-5(2,3)4/h;(H3,1,2,3,4). The van der Waals surface area contributed by atoms with Crippen molar-refractivity contribution in [2.24, 2.45) is 5.14 Å². The molecule has 0 atom stereocenters. The summed E-state index contributed by atoms with van der Waals surface area (Å²) in [6.45, 7) is 0. The summed E-state index contributed by atoms with van der Waals surface area (Å²) >= 11 is 0. The van der Waals surface area contributed by atoms with Crippen LogP contribution in [0.25, 0.3) is 0 Å². The summed E-state index contributed by atoms with van der Waals surface area (Å²) in [4.78, 5) is 0. The summed E-state index contributed by atoms with van der Waals surface area (Å²) in [5.74, 6) is 0. The van der Waals surface area contributed by atoms with Crippen LogP contribution in [0.4, 0.5) is 0 Å². The molecule has 3 N–H and O–H groups in total. The van der Waals surface area contributed by atoms with E-state index in [1.165, 1.54) is 0 Å². The summed E-state index contributed by atoms with van der Waals surface area (Å²) in [5.41, 5.74) is 0. The fourth-order valence-electron chi connectivity index (χ4n) is 0. The Morgan fingerprint density at radius 2 is 1.50 bits per heavy atom. The molecule has 0 saturated heterocycles. The van der Waals surface area contributed by atoms with Crippen LogP contribution in [0.15, 0.2) is 0 Å². The summed E-state index contributed by atoms with van der Waals surface area (Å²) in [6, 6.07) is 0. The normalized spacial score (nSPS) is 9.67. The predicted molar refractivity (Wildman–Crippen MR) is 15.7 cm³/mol. The first-order valence-electron chi connectivity index (χ1n) is 0.752. The van der Waals surface area contributed by atoms with Crippen molar-refractivity contribution in [3.63, 3.8) is 0 Å². The van der Waals surface area contributed by atoms with Gasteiger partial charge in [0.25, 0.3) is 0 Å². The van der Waals surface area contributed by atoms with Crippen molar-refractivity contribution in [2.45, 2.75) is 0 Å². The summed E-state index contributed by atoms with van der Waals surface area (Å²) in [7, 11) is -4.17. The maximum Gasteiger partial charge on any atom is 0.330 e. The SMILES string of the molecule is NS(=O)(=O)O.[Ce]. The minimum absolute atomic E-state index is 0. The monoisotopic (exact) mass is 237 g/mol. The van der Waals surface area contributed by atoms with Crippen molar-refractivity contribution >= 4 is 10.3 Å². The number of rotatable bonds is 0. The largest absolute Gasteiger partial charge is 0.330 e. The molecule has 0 unspecified atom stereocenters. The van der Waals surface area contributed by atoms with Gasteiger partial charge in [0.2, 0.25) is 0 Å². The fraction of sp³-hybridized carbons (Fsp3) is 0. The third-order valence-electron chi connectivity index (χ3n) is 0. The van der Waals surface area contributed by atoms with Gasteiger partial charge >= 0.3 is 10.3 Å². The van der Waals surface area contributed by atoms with Crippen LogP contribution in [0.3, 0.4) is 0 Å². The average molecular weight is 237 g/mol.